The molecule has 0 spiro atoms. The topological polar surface area (TPSA) is 35.6 Å². The molecule has 0 saturated carbocycles. The van der Waals surface area contributed by atoms with Crippen molar-refractivity contribution in [3.63, 3.8) is 0 Å². The third-order valence-electron chi connectivity index (χ3n) is 4.08. The van der Waals surface area contributed by atoms with Crippen LogP contribution < -0.4 is 0 Å². The Kier molecular flexibility index (Phi) is 12.6. The van der Waals surface area contributed by atoms with E-state index in [2.05, 4.69) is 59.8 Å². The number of rotatable bonds is 2. The molecule has 0 fully saturated rings. The van der Waals surface area contributed by atoms with Crippen molar-refractivity contribution in [3.8, 4) is 24.2 Å². The van der Waals surface area contributed by atoms with Gasteiger partial charge in [0.2, 0.25) is 0 Å². The molecule has 0 radical (unpaired) electrons. The van der Waals surface area contributed by atoms with Crippen LogP contribution in [0.25, 0.3) is 0 Å². The molecule has 0 saturated heterocycles. The molecule has 2 aromatic heterocycles. The first-order valence-electron chi connectivity index (χ1n) is 10.6. The van der Waals surface area contributed by atoms with E-state index in [0.29, 0.717) is 9.13 Å². The van der Waals surface area contributed by atoms with Crippen LogP contribution in [0.4, 0.5) is 26.3 Å². The number of halogens is 9. The van der Waals surface area contributed by atoms with Crippen molar-refractivity contribution in [1.82, 2.24) is 19.6 Å². The number of aromatic nitrogens is 4. The summed E-state index contributed by atoms with van der Waals surface area (Å²) in [5.74, 6) is 8.17. The molecule has 2 heterocycles. The molecule has 0 amide bonds. The normalized spacial score (nSPS) is 10.7. The monoisotopic (exact) mass is 784 g/mol. The number of hydrogen-bond donors (Lipinski definition) is 0. The summed E-state index contributed by atoms with van der Waals surface area (Å²) >= 11 is 8.53. The van der Waals surface area contributed by atoms with Crippen LogP contribution >= 0.6 is 54.5 Å². The number of nitrogens with zero attached hydrogens (tertiary/aromatic N) is 4. The van der Waals surface area contributed by atoms with Gasteiger partial charge in [-0.15, -0.1) is 6.42 Å². The zero-order valence-corrected chi connectivity index (χ0v) is 24.9. The van der Waals surface area contributed by atoms with Crippen LogP contribution in [-0.2, 0) is 13.1 Å². The van der Waals surface area contributed by atoms with E-state index in [0.717, 1.165) is 29.4 Å². The van der Waals surface area contributed by atoms with E-state index in [1.54, 1.807) is 0 Å². The van der Waals surface area contributed by atoms with Crippen LogP contribution in [0.15, 0.2) is 82.3 Å². The quantitative estimate of drug-likeness (QED) is 0.117. The largest absolute Gasteiger partial charge is 0.408 e. The fourth-order valence-electron chi connectivity index (χ4n) is 2.60. The molecule has 39 heavy (non-hydrogen) atoms. The highest BCUT2D eigenvalue weighted by molar-refractivity contribution is 14.1. The number of terminal acetylenes is 1. The van der Waals surface area contributed by atoms with Gasteiger partial charge in [-0.1, -0.05) is 61.8 Å². The molecule has 204 valence electrons. The Balaban J connectivity index is 0.000000226. The summed E-state index contributed by atoms with van der Waals surface area (Å²) in [7, 11) is 0. The van der Waals surface area contributed by atoms with Crippen LogP contribution in [0, 0.1) is 27.8 Å². The third kappa shape index (κ3) is 14.3. The molecule has 4 nitrogen and oxygen atoms in total. The third-order valence-corrected chi connectivity index (χ3v) is 5.63. The van der Waals surface area contributed by atoms with Crippen molar-refractivity contribution in [2.45, 2.75) is 25.4 Å². The van der Waals surface area contributed by atoms with E-state index in [9.17, 15) is 26.3 Å². The van der Waals surface area contributed by atoms with E-state index in [4.69, 9.17) is 6.42 Å². The molecular weight excluding hydrogens is 769 g/mol. The molecule has 0 atom stereocenters. The summed E-state index contributed by atoms with van der Waals surface area (Å²) in [4.78, 5) is 0. The Hall–Kier alpha value is -2.75. The maximum Gasteiger partial charge on any atom is 0.408 e. The maximum absolute atomic E-state index is 12.1. The minimum absolute atomic E-state index is 0.448. The summed E-state index contributed by atoms with van der Waals surface area (Å²) in [6, 6.07) is 15.0. The number of benzene rings is 2. The Bertz CT molecular complexity index is 1460. The molecule has 2 aromatic carbocycles. The van der Waals surface area contributed by atoms with Crippen molar-refractivity contribution in [1.29, 1.82) is 0 Å². The van der Waals surface area contributed by atoms with Crippen LogP contribution in [0.3, 0.4) is 0 Å². The average molecular weight is 786 g/mol. The molecule has 4 rings (SSSR count). The first kappa shape index (κ1) is 32.5. The van der Waals surface area contributed by atoms with Gasteiger partial charge in [-0.2, -0.15) is 36.5 Å². The fourth-order valence-corrected chi connectivity index (χ4v) is 3.84. The molecule has 0 bridgehead atoms. The smallest absolute Gasteiger partial charge is 0.262 e. The van der Waals surface area contributed by atoms with Crippen molar-refractivity contribution < 1.29 is 26.3 Å². The molecule has 0 aliphatic heterocycles. The Morgan fingerprint density at radius 2 is 1.23 bits per heavy atom. The van der Waals surface area contributed by atoms with Crippen LogP contribution in [0.1, 0.15) is 16.7 Å². The van der Waals surface area contributed by atoms with E-state index in [-0.39, 0.29) is 0 Å². The first-order valence-corrected chi connectivity index (χ1v) is 13.2. The lowest BCUT2D eigenvalue weighted by Gasteiger charge is -2.04. The van der Waals surface area contributed by atoms with Gasteiger partial charge in [-0.25, -0.2) is 0 Å². The number of alkyl halides is 6. The minimum Gasteiger partial charge on any atom is -0.262 e. The fraction of sp³-hybridized carbons (Fsp3) is 0.154. The molecule has 0 aliphatic carbocycles. The van der Waals surface area contributed by atoms with Gasteiger partial charge in [0.25, 0.3) is 0 Å². The predicted molar refractivity (Wildman–Crippen MR) is 151 cm³/mol. The van der Waals surface area contributed by atoms with E-state index in [1.807, 2.05) is 71.1 Å². The van der Waals surface area contributed by atoms with Gasteiger partial charge >= 0.3 is 12.4 Å². The Labute approximate surface area is 251 Å². The zero-order valence-electron chi connectivity index (χ0n) is 19.6. The van der Waals surface area contributed by atoms with Gasteiger partial charge in [-0.05, 0) is 59.0 Å². The van der Waals surface area contributed by atoms with E-state index in [1.165, 1.54) is 24.8 Å². The van der Waals surface area contributed by atoms with E-state index >= 15 is 0 Å². The van der Waals surface area contributed by atoms with Gasteiger partial charge in [0.15, 0.2) is 0 Å². The SMILES string of the molecule is C#Cc1cccc(Br)c1.FC(F)(F)Cn1cc(C#Cc2cccc(Br)c2)cn1.FC(F)(F)Cn1cc(I)cn1. The van der Waals surface area contributed by atoms with Crippen molar-refractivity contribution in [2.75, 3.05) is 0 Å². The lowest BCUT2D eigenvalue weighted by atomic mass is 10.2. The highest BCUT2D eigenvalue weighted by atomic mass is 127. The lowest BCUT2D eigenvalue weighted by molar-refractivity contribution is -0.143. The van der Waals surface area contributed by atoms with E-state index < -0.39 is 25.4 Å². The first-order chi connectivity index (χ1) is 18.2. The Morgan fingerprint density at radius 3 is 1.69 bits per heavy atom. The molecule has 0 N–H and O–H groups in total. The van der Waals surface area contributed by atoms with Crippen LogP contribution in [0.2, 0.25) is 0 Å². The van der Waals surface area contributed by atoms with Gasteiger partial charge < -0.3 is 0 Å². The summed E-state index contributed by atoms with van der Waals surface area (Å²) in [5, 5.41) is 7.11. The summed E-state index contributed by atoms with van der Waals surface area (Å²) in [6.07, 6.45) is 2.00. The van der Waals surface area contributed by atoms with Crippen LogP contribution in [-0.4, -0.2) is 31.9 Å². The predicted octanol–water partition coefficient (Wildman–Crippen LogP) is 8.09. The summed E-state index contributed by atoms with van der Waals surface area (Å²) < 4.78 is 75.8. The second kappa shape index (κ2) is 15.1. The van der Waals surface area contributed by atoms with Gasteiger partial charge in [0.05, 0.1) is 21.5 Å². The molecule has 0 aliphatic rings. The molecular formula is C26H17Br2F6IN4. The second-order valence-corrected chi connectivity index (χ2v) is 10.5. The number of hydrogen-bond acceptors (Lipinski definition) is 2. The van der Waals surface area contributed by atoms with Crippen molar-refractivity contribution in [3.05, 3.63) is 103 Å². The van der Waals surface area contributed by atoms with Crippen molar-refractivity contribution in [2.24, 2.45) is 0 Å². The highest BCUT2D eigenvalue weighted by Crippen LogP contribution is 2.18. The minimum atomic E-state index is -4.28. The lowest BCUT2D eigenvalue weighted by Crippen LogP contribution is -2.17. The van der Waals surface area contributed by atoms with Crippen LogP contribution in [0.5, 0.6) is 0 Å². The standard InChI is InChI=1S/C13H8BrF3N2.C8H5Br.C5H4F3IN2/c14-12-3-1-2-10(6-12)4-5-11-7-18-19(8-11)9-13(15,16)17;1-2-7-4-3-5-8(9)6-7;6-5(7,8)3-11-2-4(9)1-10-11/h1-3,6-8H,9H2;1,3-6H;1-2H,3H2. The zero-order chi connectivity index (χ0) is 29.1. The second-order valence-electron chi connectivity index (χ2n) is 7.43. The summed E-state index contributed by atoms with van der Waals surface area (Å²) in [5.41, 5.74) is 2.13. The molecule has 4 aromatic rings. The molecule has 13 heteroatoms. The Morgan fingerprint density at radius 1 is 0.744 bits per heavy atom. The maximum atomic E-state index is 12.1. The highest BCUT2D eigenvalue weighted by Gasteiger charge is 2.28. The summed E-state index contributed by atoms with van der Waals surface area (Å²) in [6.45, 7) is -2.12. The van der Waals surface area contributed by atoms with Gasteiger partial charge in [0.1, 0.15) is 13.1 Å². The average Bonchev–Trinajstić information content (AvgIpc) is 3.44. The van der Waals surface area contributed by atoms with Gasteiger partial charge in [-0.3, -0.25) is 9.36 Å². The molecule has 0 unspecified atom stereocenters. The van der Waals surface area contributed by atoms with Crippen molar-refractivity contribution >= 4 is 54.5 Å². The van der Waals surface area contributed by atoms with Gasteiger partial charge in [0, 0.05) is 32.5 Å².